The summed E-state index contributed by atoms with van der Waals surface area (Å²) in [5, 5.41) is 0. The van der Waals surface area contributed by atoms with Gasteiger partial charge in [0, 0.05) is 13.1 Å². The summed E-state index contributed by atoms with van der Waals surface area (Å²) in [6.45, 7) is 4.01. The van der Waals surface area contributed by atoms with Gasteiger partial charge in [-0.3, -0.25) is 4.90 Å². The predicted molar refractivity (Wildman–Crippen MR) is 79.3 cm³/mol. The molecule has 2 aromatic carbocycles. The van der Waals surface area contributed by atoms with Crippen molar-refractivity contribution in [2.24, 2.45) is 0 Å². The molecule has 2 nitrogen and oxygen atoms in total. The van der Waals surface area contributed by atoms with E-state index in [1.54, 1.807) is 7.11 Å². The molecule has 0 heterocycles. The smallest absolute Gasteiger partial charge is 0.119 e. The van der Waals surface area contributed by atoms with E-state index < -0.39 is 0 Å². The zero-order chi connectivity index (χ0) is 13.7. The summed E-state index contributed by atoms with van der Waals surface area (Å²) in [4.78, 5) is 2.31. The molecule has 19 heavy (non-hydrogen) atoms. The second-order valence-corrected chi connectivity index (χ2v) is 5.01. The summed E-state index contributed by atoms with van der Waals surface area (Å²) in [6, 6.07) is 16.9. The Morgan fingerprint density at radius 2 is 1.58 bits per heavy atom. The molecule has 0 unspecified atom stereocenters. The second kappa shape index (κ2) is 6.39. The standard InChI is InChI=1S/C17H21NO/c1-14-6-4-7-15(10-14)12-18(2)13-16-8-5-9-17(11-16)19-3/h4-11H,12-13H2,1-3H3. The van der Waals surface area contributed by atoms with Crippen molar-refractivity contribution in [3.63, 3.8) is 0 Å². The van der Waals surface area contributed by atoms with Gasteiger partial charge < -0.3 is 4.74 Å². The number of benzene rings is 2. The third kappa shape index (κ3) is 4.11. The molecule has 0 spiro atoms. The zero-order valence-corrected chi connectivity index (χ0v) is 11.9. The lowest BCUT2D eigenvalue weighted by Crippen LogP contribution is -2.17. The Bertz CT molecular complexity index is 536. The van der Waals surface area contributed by atoms with Crippen LogP contribution in [0.15, 0.2) is 48.5 Å². The fourth-order valence-electron chi connectivity index (χ4n) is 2.26. The molecule has 0 atom stereocenters. The van der Waals surface area contributed by atoms with Crippen molar-refractivity contribution in [2.75, 3.05) is 14.2 Å². The molecule has 0 aromatic heterocycles. The Kier molecular flexibility index (Phi) is 4.58. The third-order valence-corrected chi connectivity index (χ3v) is 3.12. The molecule has 0 aliphatic rings. The minimum atomic E-state index is 0.918. The van der Waals surface area contributed by atoms with Crippen molar-refractivity contribution in [1.29, 1.82) is 0 Å². The van der Waals surface area contributed by atoms with Crippen LogP contribution in [0.5, 0.6) is 5.75 Å². The van der Waals surface area contributed by atoms with Crippen molar-refractivity contribution in [3.05, 3.63) is 65.2 Å². The molecule has 2 heteroatoms. The number of rotatable bonds is 5. The van der Waals surface area contributed by atoms with Gasteiger partial charge in [-0.2, -0.15) is 0 Å². The summed E-state index contributed by atoms with van der Waals surface area (Å²) in [5.74, 6) is 0.918. The van der Waals surface area contributed by atoms with E-state index in [-0.39, 0.29) is 0 Å². The molecule has 0 aliphatic heterocycles. The number of ether oxygens (including phenoxy) is 1. The van der Waals surface area contributed by atoms with Gasteiger partial charge in [0.15, 0.2) is 0 Å². The molecule has 0 N–H and O–H groups in total. The number of nitrogens with zero attached hydrogens (tertiary/aromatic N) is 1. The van der Waals surface area contributed by atoms with Crippen LogP contribution in [-0.4, -0.2) is 19.1 Å². The van der Waals surface area contributed by atoms with Crippen molar-refractivity contribution >= 4 is 0 Å². The van der Waals surface area contributed by atoms with Crippen LogP contribution in [0, 0.1) is 6.92 Å². The van der Waals surface area contributed by atoms with Gasteiger partial charge in [0.05, 0.1) is 7.11 Å². The fourth-order valence-corrected chi connectivity index (χ4v) is 2.26. The second-order valence-electron chi connectivity index (χ2n) is 5.01. The highest BCUT2D eigenvalue weighted by atomic mass is 16.5. The number of aryl methyl sites for hydroxylation is 1. The maximum Gasteiger partial charge on any atom is 0.119 e. The minimum absolute atomic E-state index is 0.918. The molecule has 100 valence electrons. The van der Waals surface area contributed by atoms with Gasteiger partial charge in [-0.15, -0.1) is 0 Å². The maximum atomic E-state index is 5.25. The van der Waals surface area contributed by atoms with Crippen molar-refractivity contribution in [2.45, 2.75) is 20.0 Å². The van der Waals surface area contributed by atoms with Gasteiger partial charge in [-0.1, -0.05) is 42.0 Å². The maximum absolute atomic E-state index is 5.25. The molecule has 0 aliphatic carbocycles. The highest BCUT2D eigenvalue weighted by Crippen LogP contribution is 2.15. The highest BCUT2D eigenvalue weighted by molar-refractivity contribution is 5.28. The lowest BCUT2D eigenvalue weighted by molar-refractivity contribution is 0.318. The zero-order valence-electron chi connectivity index (χ0n) is 11.9. The van der Waals surface area contributed by atoms with Crippen LogP contribution in [0.25, 0.3) is 0 Å². The Balaban J connectivity index is 1.98. The van der Waals surface area contributed by atoms with E-state index in [1.807, 2.05) is 12.1 Å². The van der Waals surface area contributed by atoms with Crippen molar-refractivity contribution < 1.29 is 4.74 Å². The first-order chi connectivity index (χ1) is 9.17. The monoisotopic (exact) mass is 255 g/mol. The molecule has 0 radical (unpaired) electrons. The largest absolute Gasteiger partial charge is 0.497 e. The summed E-state index contributed by atoms with van der Waals surface area (Å²) in [5.41, 5.74) is 3.94. The van der Waals surface area contributed by atoms with Gasteiger partial charge in [-0.05, 0) is 37.2 Å². The van der Waals surface area contributed by atoms with Crippen LogP contribution in [0.3, 0.4) is 0 Å². The molecular formula is C17H21NO. The lowest BCUT2D eigenvalue weighted by Gasteiger charge is -2.17. The molecule has 0 saturated carbocycles. The Morgan fingerprint density at radius 3 is 2.21 bits per heavy atom. The number of hydrogen-bond acceptors (Lipinski definition) is 2. The van der Waals surface area contributed by atoms with Crippen molar-refractivity contribution in [3.8, 4) is 5.75 Å². The quantitative estimate of drug-likeness (QED) is 0.809. The topological polar surface area (TPSA) is 12.5 Å². The Morgan fingerprint density at radius 1 is 0.947 bits per heavy atom. The molecule has 0 saturated heterocycles. The molecule has 2 aromatic rings. The van der Waals surface area contributed by atoms with E-state index >= 15 is 0 Å². The van der Waals surface area contributed by atoms with Gasteiger partial charge in [0.25, 0.3) is 0 Å². The van der Waals surface area contributed by atoms with E-state index in [0.29, 0.717) is 0 Å². The van der Waals surface area contributed by atoms with Crippen LogP contribution in [0.2, 0.25) is 0 Å². The van der Waals surface area contributed by atoms with E-state index in [4.69, 9.17) is 4.74 Å². The number of hydrogen-bond donors (Lipinski definition) is 0. The number of methoxy groups -OCH3 is 1. The molecule has 0 fully saturated rings. The summed E-state index contributed by atoms with van der Waals surface area (Å²) < 4.78 is 5.25. The Labute approximate surface area is 115 Å². The van der Waals surface area contributed by atoms with Crippen LogP contribution >= 0.6 is 0 Å². The molecular weight excluding hydrogens is 234 g/mol. The summed E-state index contributed by atoms with van der Waals surface area (Å²) in [6.07, 6.45) is 0. The van der Waals surface area contributed by atoms with E-state index in [9.17, 15) is 0 Å². The lowest BCUT2D eigenvalue weighted by atomic mass is 10.1. The molecule has 0 bridgehead atoms. The predicted octanol–water partition coefficient (Wildman–Crippen LogP) is 3.64. The first-order valence-electron chi connectivity index (χ1n) is 6.54. The molecule has 2 rings (SSSR count). The van der Waals surface area contributed by atoms with Crippen LogP contribution in [0.1, 0.15) is 16.7 Å². The fraction of sp³-hybridized carbons (Fsp3) is 0.294. The van der Waals surface area contributed by atoms with Crippen LogP contribution in [0.4, 0.5) is 0 Å². The normalized spacial score (nSPS) is 10.7. The van der Waals surface area contributed by atoms with Gasteiger partial charge in [-0.25, -0.2) is 0 Å². The van der Waals surface area contributed by atoms with Crippen LogP contribution in [-0.2, 0) is 13.1 Å². The average molecular weight is 255 g/mol. The van der Waals surface area contributed by atoms with Gasteiger partial charge in [0.1, 0.15) is 5.75 Å². The third-order valence-electron chi connectivity index (χ3n) is 3.12. The van der Waals surface area contributed by atoms with E-state index in [1.165, 1.54) is 16.7 Å². The molecule has 0 amide bonds. The van der Waals surface area contributed by atoms with E-state index in [2.05, 4.69) is 55.3 Å². The van der Waals surface area contributed by atoms with Crippen molar-refractivity contribution in [1.82, 2.24) is 4.90 Å². The average Bonchev–Trinajstić information content (AvgIpc) is 2.38. The highest BCUT2D eigenvalue weighted by Gasteiger charge is 2.03. The van der Waals surface area contributed by atoms with E-state index in [0.717, 1.165) is 18.8 Å². The Hall–Kier alpha value is -1.80. The summed E-state index contributed by atoms with van der Waals surface area (Å²) >= 11 is 0. The first-order valence-corrected chi connectivity index (χ1v) is 6.54. The van der Waals surface area contributed by atoms with Crippen LogP contribution < -0.4 is 4.74 Å². The minimum Gasteiger partial charge on any atom is -0.497 e. The summed E-state index contributed by atoms with van der Waals surface area (Å²) in [7, 11) is 3.84. The van der Waals surface area contributed by atoms with Gasteiger partial charge in [0.2, 0.25) is 0 Å². The van der Waals surface area contributed by atoms with Gasteiger partial charge >= 0.3 is 0 Å². The first kappa shape index (κ1) is 13.6. The SMILES string of the molecule is COc1cccc(CN(C)Cc2cccc(C)c2)c1.